The van der Waals surface area contributed by atoms with Crippen LogP contribution < -0.4 is 16.6 Å². The SMILES string of the molecule is CSCCC(C)Nc1nc(NN)nc2[nH]ncc12. The summed E-state index contributed by atoms with van der Waals surface area (Å²) in [5.41, 5.74) is 3.12. The van der Waals surface area contributed by atoms with Crippen molar-refractivity contribution in [2.75, 3.05) is 22.8 Å². The maximum atomic E-state index is 5.35. The van der Waals surface area contributed by atoms with E-state index in [1.54, 1.807) is 6.20 Å². The third-order valence-corrected chi connectivity index (χ3v) is 3.22. The number of aromatic nitrogens is 4. The molecule has 1 atom stereocenters. The minimum Gasteiger partial charge on any atom is -0.367 e. The Morgan fingerprint density at radius 3 is 3.06 bits per heavy atom. The van der Waals surface area contributed by atoms with Gasteiger partial charge in [0.25, 0.3) is 0 Å². The number of aromatic amines is 1. The molecule has 0 aliphatic rings. The minimum absolute atomic E-state index is 0.330. The standard InChI is InChI=1S/C10H17N7S/c1-6(3-4-18-2)13-8-7-5-12-17-9(7)15-10(14-8)16-11/h5-6H,3-4,11H2,1-2H3,(H3,12,13,14,15,16,17). The first-order valence-electron chi connectivity index (χ1n) is 5.67. The lowest BCUT2D eigenvalue weighted by molar-refractivity contribution is 0.768. The van der Waals surface area contributed by atoms with Gasteiger partial charge in [-0.25, -0.2) is 5.84 Å². The summed E-state index contributed by atoms with van der Waals surface area (Å²) < 4.78 is 0. The number of thioether (sulfide) groups is 1. The summed E-state index contributed by atoms with van der Waals surface area (Å²) in [6.45, 7) is 2.12. The lowest BCUT2D eigenvalue weighted by atomic mass is 10.2. The molecule has 0 saturated carbocycles. The van der Waals surface area contributed by atoms with Crippen molar-refractivity contribution in [3.63, 3.8) is 0 Å². The number of nitrogens with zero attached hydrogens (tertiary/aromatic N) is 3. The van der Waals surface area contributed by atoms with Crippen molar-refractivity contribution in [3.05, 3.63) is 6.20 Å². The van der Waals surface area contributed by atoms with Gasteiger partial charge in [-0.05, 0) is 25.4 Å². The van der Waals surface area contributed by atoms with E-state index in [2.05, 4.69) is 44.1 Å². The molecular weight excluding hydrogens is 250 g/mol. The third-order valence-electron chi connectivity index (χ3n) is 2.58. The second kappa shape index (κ2) is 5.87. The van der Waals surface area contributed by atoms with Crippen molar-refractivity contribution in [1.29, 1.82) is 0 Å². The summed E-state index contributed by atoms with van der Waals surface area (Å²) in [5, 5.41) is 11.0. The third kappa shape index (κ3) is 2.82. The second-order valence-electron chi connectivity index (χ2n) is 4.00. The van der Waals surface area contributed by atoms with Gasteiger partial charge < -0.3 is 5.32 Å². The molecule has 8 heteroatoms. The molecule has 0 radical (unpaired) electrons. The van der Waals surface area contributed by atoms with Crippen LogP contribution >= 0.6 is 11.8 Å². The van der Waals surface area contributed by atoms with Crippen LogP contribution in [0, 0.1) is 0 Å². The fourth-order valence-corrected chi connectivity index (χ4v) is 2.20. The Labute approximate surface area is 109 Å². The predicted molar refractivity (Wildman–Crippen MR) is 75.6 cm³/mol. The van der Waals surface area contributed by atoms with Crippen LogP contribution in [0.5, 0.6) is 0 Å². The lowest BCUT2D eigenvalue weighted by Crippen LogP contribution is -2.18. The normalized spacial score (nSPS) is 12.6. The molecule has 0 fully saturated rings. The summed E-state index contributed by atoms with van der Waals surface area (Å²) in [6, 6.07) is 0.330. The average Bonchev–Trinajstić information content (AvgIpc) is 2.84. The molecule has 0 saturated heterocycles. The molecule has 0 bridgehead atoms. The Kier molecular flexibility index (Phi) is 4.21. The summed E-state index contributed by atoms with van der Waals surface area (Å²) in [6.07, 6.45) is 4.87. The van der Waals surface area contributed by atoms with Crippen molar-refractivity contribution >= 4 is 34.6 Å². The van der Waals surface area contributed by atoms with Crippen molar-refractivity contribution < 1.29 is 0 Å². The van der Waals surface area contributed by atoms with Crippen molar-refractivity contribution in [2.24, 2.45) is 5.84 Å². The van der Waals surface area contributed by atoms with Crippen LogP contribution in [0.4, 0.5) is 11.8 Å². The largest absolute Gasteiger partial charge is 0.367 e. The highest BCUT2D eigenvalue weighted by atomic mass is 32.2. The number of rotatable bonds is 6. The van der Waals surface area contributed by atoms with Gasteiger partial charge in [0.15, 0.2) is 5.65 Å². The molecule has 18 heavy (non-hydrogen) atoms. The smallest absolute Gasteiger partial charge is 0.241 e. The van der Waals surface area contributed by atoms with Crippen molar-refractivity contribution in [2.45, 2.75) is 19.4 Å². The van der Waals surface area contributed by atoms with E-state index in [9.17, 15) is 0 Å². The van der Waals surface area contributed by atoms with Crippen molar-refractivity contribution in [1.82, 2.24) is 20.2 Å². The average molecular weight is 267 g/mol. The van der Waals surface area contributed by atoms with Crippen LogP contribution in [-0.4, -0.2) is 38.2 Å². The van der Waals surface area contributed by atoms with Gasteiger partial charge in [0.05, 0.1) is 11.6 Å². The first kappa shape index (κ1) is 12.9. The monoisotopic (exact) mass is 267 g/mol. The first-order valence-corrected chi connectivity index (χ1v) is 7.07. The van der Waals surface area contributed by atoms with Crippen LogP contribution in [0.15, 0.2) is 6.20 Å². The maximum absolute atomic E-state index is 5.35. The van der Waals surface area contributed by atoms with E-state index >= 15 is 0 Å². The van der Waals surface area contributed by atoms with E-state index < -0.39 is 0 Å². The summed E-state index contributed by atoms with van der Waals surface area (Å²) in [7, 11) is 0. The van der Waals surface area contributed by atoms with E-state index in [4.69, 9.17) is 5.84 Å². The highest BCUT2D eigenvalue weighted by Crippen LogP contribution is 2.20. The molecule has 0 spiro atoms. The van der Waals surface area contributed by atoms with Crippen LogP contribution in [-0.2, 0) is 0 Å². The molecule has 2 aromatic heterocycles. The highest BCUT2D eigenvalue weighted by Gasteiger charge is 2.11. The van der Waals surface area contributed by atoms with E-state index in [0.717, 1.165) is 23.4 Å². The fraction of sp³-hybridized carbons (Fsp3) is 0.500. The number of fused-ring (bicyclic) bond motifs is 1. The van der Waals surface area contributed by atoms with E-state index in [1.165, 1.54) is 0 Å². The maximum Gasteiger partial charge on any atom is 0.241 e. The van der Waals surface area contributed by atoms with Gasteiger partial charge in [-0.1, -0.05) is 0 Å². The Balaban J connectivity index is 2.22. The number of hydrogen-bond acceptors (Lipinski definition) is 7. The van der Waals surface area contributed by atoms with Gasteiger partial charge in [-0.2, -0.15) is 26.8 Å². The van der Waals surface area contributed by atoms with Crippen LogP contribution in [0.1, 0.15) is 13.3 Å². The minimum atomic E-state index is 0.330. The zero-order valence-electron chi connectivity index (χ0n) is 10.4. The Bertz CT molecular complexity index is 512. The number of hydrazine groups is 1. The molecule has 0 amide bonds. The Hall–Kier alpha value is -1.54. The van der Waals surface area contributed by atoms with Gasteiger partial charge in [0.1, 0.15) is 5.82 Å². The molecule has 2 rings (SSSR count). The molecule has 0 aliphatic carbocycles. The van der Waals surface area contributed by atoms with Crippen LogP contribution in [0.25, 0.3) is 11.0 Å². The van der Waals surface area contributed by atoms with E-state index in [-0.39, 0.29) is 0 Å². The second-order valence-corrected chi connectivity index (χ2v) is 4.98. The van der Waals surface area contributed by atoms with Gasteiger partial charge in [-0.3, -0.25) is 10.5 Å². The van der Waals surface area contributed by atoms with E-state index in [1.807, 2.05) is 11.8 Å². The zero-order valence-corrected chi connectivity index (χ0v) is 11.2. The summed E-state index contributed by atoms with van der Waals surface area (Å²) >= 11 is 1.83. The molecule has 2 heterocycles. The zero-order chi connectivity index (χ0) is 13.0. The van der Waals surface area contributed by atoms with Crippen LogP contribution in [0.2, 0.25) is 0 Å². The number of nitrogen functional groups attached to an aromatic ring is 1. The Morgan fingerprint density at radius 1 is 1.50 bits per heavy atom. The molecule has 98 valence electrons. The van der Waals surface area contributed by atoms with Gasteiger partial charge >= 0.3 is 0 Å². The van der Waals surface area contributed by atoms with Gasteiger partial charge in [0.2, 0.25) is 5.95 Å². The summed E-state index contributed by atoms with van der Waals surface area (Å²) in [4.78, 5) is 8.49. The molecule has 1 unspecified atom stereocenters. The first-order chi connectivity index (χ1) is 8.74. The fourth-order valence-electron chi connectivity index (χ4n) is 1.61. The highest BCUT2D eigenvalue weighted by molar-refractivity contribution is 7.98. The molecule has 7 nitrogen and oxygen atoms in total. The van der Waals surface area contributed by atoms with E-state index in [0.29, 0.717) is 17.6 Å². The number of H-pyrrole nitrogens is 1. The predicted octanol–water partition coefficient (Wildman–Crippen LogP) is 1.19. The topological polar surface area (TPSA) is 105 Å². The molecular formula is C10H17N7S. The van der Waals surface area contributed by atoms with Gasteiger partial charge in [0, 0.05) is 6.04 Å². The molecule has 0 aliphatic heterocycles. The van der Waals surface area contributed by atoms with Crippen molar-refractivity contribution in [3.8, 4) is 0 Å². The number of anilines is 2. The Morgan fingerprint density at radius 2 is 2.33 bits per heavy atom. The molecule has 0 aromatic carbocycles. The molecule has 5 N–H and O–H groups in total. The number of hydrogen-bond donors (Lipinski definition) is 4. The quantitative estimate of drug-likeness (QED) is 0.460. The van der Waals surface area contributed by atoms with Crippen LogP contribution in [0.3, 0.4) is 0 Å². The lowest BCUT2D eigenvalue weighted by Gasteiger charge is -2.14. The molecule has 2 aromatic rings. The number of nitrogens with one attached hydrogen (secondary N) is 3. The van der Waals surface area contributed by atoms with Gasteiger partial charge in [-0.15, -0.1) is 0 Å². The number of nitrogens with two attached hydrogens (primary N) is 1. The summed E-state index contributed by atoms with van der Waals surface area (Å²) in [5.74, 6) is 7.57.